The van der Waals surface area contributed by atoms with Crippen LogP contribution in [0, 0.1) is 6.92 Å². The van der Waals surface area contributed by atoms with Crippen molar-refractivity contribution in [2.45, 2.75) is 46.3 Å². The van der Waals surface area contributed by atoms with E-state index >= 15 is 0 Å². The molecule has 6 heteroatoms. The van der Waals surface area contributed by atoms with Crippen molar-refractivity contribution < 1.29 is 0 Å². The number of hydrogen-bond donors (Lipinski definition) is 1. The molecule has 2 N–H and O–H groups in total. The van der Waals surface area contributed by atoms with Crippen molar-refractivity contribution in [3.63, 3.8) is 0 Å². The van der Waals surface area contributed by atoms with E-state index in [-0.39, 0.29) is 0 Å². The smallest absolute Gasteiger partial charge is 0.159 e. The fraction of sp³-hybridized carbons (Fsp3) is 0.381. The van der Waals surface area contributed by atoms with Crippen LogP contribution >= 0.6 is 0 Å². The van der Waals surface area contributed by atoms with Crippen LogP contribution in [-0.4, -0.2) is 31.2 Å². The number of nitrogen functional groups attached to an aromatic ring is 1. The lowest BCUT2D eigenvalue weighted by Gasteiger charge is -2.27. The zero-order chi connectivity index (χ0) is 18.8. The van der Waals surface area contributed by atoms with Crippen molar-refractivity contribution >= 4 is 5.69 Å². The van der Waals surface area contributed by atoms with Crippen LogP contribution in [0.5, 0.6) is 0 Å². The largest absolute Gasteiger partial charge is 0.399 e. The predicted octanol–water partition coefficient (Wildman–Crippen LogP) is 3.20. The second-order valence-corrected chi connectivity index (χ2v) is 7.25. The van der Waals surface area contributed by atoms with E-state index in [1.807, 2.05) is 30.5 Å². The first-order valence-electron chi connectivity index (χ1n) is 9.58. The number of hydrogen-bond acceptors (Lipinski definition) is 5. The molecule has 140 valence electrons. The summed E-state index contributed by atoms with van der Waals surface area (Å²) in [5.74, 6) is 0.777. The van der Waals surface area contributed by atoms with Crippen molar-refractivity contribution in [2.75, 3.05) is 12.3 Å². The van der Waals surface area contributed by atoms with E-state index in [4.69, 9.17) is 10.7 Å². The molecule has 1 aliphatic rings. The fourth-order valence-electron chi connectivity index (χ4n) is 3.58. The van der Waals surface area contributed by atoms with Gasteiger partial charge in [0, 0.05) is 67.4 Å². The third-order valence-electron chi connectivity index (χ3n) is 5.08. The van der Waals surface area contributed by atoms with Gasteiger partial charge in [-0.15, -0.1) is 0 Å². The van der Waals surface area contributed by atoms with E-state index in [1.54, 1.807) is 0 Å². The number of benzene rings is 1. The molecule has 0 aliphatic carbocycles. The van der Waals surface area contributed by atoms with Gasteiger partial charge in [-0.05, 0) is 37.6 Å². The number of nitrogens with zero attached hydrogens (tertiary/aromatic N) is 5. The van der Waals surface area contributed by atoms with Gasteiger partial charge in [-0.25, -0.2) is 9.97 Å². The van der Waals surface area contributed by atoms with Gasteiger partial charge in [-0.2, -0.15) is 5.10 Å². The van der Waals surface area contributed by atoms with E-state index < -0.39 is 0 Å². The second kappa shape index (κ2) is 7.48. The molecule has 3 heterocycles. The maximum absolute atomic E-state index is 5.77. The summed E-state index contributed by atoms with van der Waals surface area (Å²) in [6, 6.07) is 7.73. The van der Waals surface area contributed by atoms with Gasteiger partial charge in [-0.1, -0.05) is 6.92 Å². The number of aryl methyl sites for hydroxylation is 2. The number of aromatic nitrogens is 4. The van der Waals surface area contributed by atoms with Gasteiger partial charge in [0.15, 0.2) is 5.82 Å². The number of anilines is 1. The third-order valence-corrected chi connectivity index (χ3v) is 5.08. The zero-order valence-corrected chi connectivity index (χ0v) is 16.0. The molecule has 0 bridgehead atoms. The Morgan fingerprint density at radius 3 is 2.78 bits per heavy atom. The van der Waals surface area contributed by atoms with Crippen molar-refractivity contribution in [2.24, 2.45) is 0 Å². The third kappa shape index (κ3) is 3.85. The topological polar surface area (TPSA) is 72.9 Å². The Bertz CT molecular complexity index is 928. The highest BCUT2D eigenvalue weighted by Crippen LogP contribution is 2.23. The van der Waals surface area contributed by atoms with Crippen LogP contribution in [0.2, 0.25) is 0 Å². The van der Waals surface area contributed by atoms with E-state index in [1.165, 1.54) is 11.1 Å². The zero-order valence-electron chi connectivity index (χ0n) is 16.0. The average Bonchev–Trinajstić information content (AvgIpc) is 3.01. The first-order valence-corrected chi connectivity index (χ1v) is 9.58. The fourth-order valence-corrected chi connectivity index (χ4v) is 3.58. The summed E-state index contributed by atoms with van der Waals surface area (Å²) in [5, 5.41) is 4.62. The molecular formula is C21H26N6. The monoisotopic (exact) mass is 362 g/mol. The van der Waals surface area contributed by atoms with Gasteiger partial charge in [0.25, 0.3) is 0 Å². The predicted molar refractivity (Wildman–Crippen MR) is 107 cm³/mol. The molecule has 0 spiro atoms. The molecular weight excluding hydrogens is 336 g/mol. The normalized spacial score (nSPS) is 14.3. The first kappa shape index (κ1) is 17.7. The maximum Gasteiger partial charge on any atom is 0.159 e. The Balaban J connectivity index is 1.48. The highest BCUT2D eigenvalue weighted by atomic mass is 15.3. The van der Waals surface area contributed by atoms with Crippen LogP contribution in [0.1, 0.15) is 35.9 Å². The van der Waals surface area contributed by atoms with Crippen LogP contribution in [0.25, 0.3) is 11.4 Å². The summed E-state index contributed by atoms with van der Waals surface area (Å²) in [7, 11) is 0. The molecule has 6 nitrogen and oxygen atoms in total. The van der Waals surface area contributed by atoms with Crippen molar-refractivity contribution in [1.29, 1.82) is 0 Å². The minimum Gasteiger partial charge on any atom is -0.399 e. The van der Waals surface area contributed by atoms with Crippen LogP contribution in [-0.2, 0) is 26.1 Å². The number of nitrogens with two attached hydrogens (primary N) is 1. The molecule has 2 aromatic heterocycles. The minimum absolute atomic E-state index is 0.755. The van der Waals surface area contributed by atoms with Crippen molar-refractivity contribution in [1.82, 2.24) is 24.6 Å². The summed E-state index contributed by atoms with van der Waals surface area (Å²) in [6.07, 6.45) is 6.22. The van der Waals surface area contributed by atoms with E-state index in [9.17, 15) is 0 Å². The van der Waals surface area contributed by atoms with E-state index in [2.05, 4.69) is 39.7 Å². The Labute approximate surface area is 160 Å². The van der Waals surface area contributed by atoms with Gasteiger partial charge >= 0.3 is 0 Å². The van der Waals surface area contributed by atoms with Crippen LogP contribution < -0.4 is 5.73 Å². The van der Waals surface area contributed by atoms with Crippen LogP contribution in [0.3, 0.4) is 0 Å². The standard InChI is InChI=1S/C21H26N6/c1-3-9-27-14-18(15(2)25-27)13-26-10-8-20-17(12-26)11-23-21(24-20)16-4-6-19(22)7-5-16/h4-7,11,14H,3,8-10,12-13,22H2,1-2H3. The molecule has 4 rings (SSSR count). The number of rotatable bonds is 5. The maximum atomic E-state index is 5.77. The molecule has 0 atom stereocenters. The molecule has 0 fully saturated rings. The first-order chi connectivity index (χ1) is 13.1. The van der Waals surface area contributed by atoms with Gasteiger partial charge in [0.1, 0.15) is 0 Å². The summed E-state index contributed by atoms with van der Waals surface area (Å²) in [4.78, 5) is 11.8. The molecule has 0 saturated heterocycles. The molecule has 27 heavy (non-hydrogen) atoms. The SMILES string of the molecule is CCCn1cc(CN2CCc3nc(-c4ccc(N)cc4)ncc3C2)c(C)n1. The van der Waals surface area contributed by atoms with Gasteiger partial charge in [0.2, 0.25) is 0 Å². The lowest BCUT2D eigenvalue weighted by Crippen LogP contribution is -2.31. The summed E-state index contributed by atoms with van der Waals surface area (Å²) in [6.45, 7) is 8.07. The van der Waals surface area contributed by atoms with Gasteiger partial charge < -0.3 is 5.73 Å². The Morgan fingerprint density at radius 2 is 2.00 bits per heavy atom. The highest BCUT2D eigenvalue weighted by molar-refractivity contribution is 5.58. The molecule has 3 aromatic rings. The lowest BCUT2D eigenvalue weighted by molar-refractivity contribution is 0.242. The summed E-state index contributed by atoms with van der Waals surface area (Å²) >= 11 is 0. The molecule has 0 amide bonds. The van der Waals surface area contributed by atoms with Crippen molar-refractivity contribution in [3.05, 3.63) is 59.2 Å². The number of fused-ring (bicyclic) bond motifs is 1. The van der Waals surface area contributed by atoms with Crippen molar-refractivity contribution in [3.8, 4) is 11.4 Å². The summed E-state index contributed by atoms with van der Waals surface area (Å²) in [5.41, 5.74) is 12.4. The minimum atomic E-state index is 0.755. The lowest BCUT2D eigenvalue weighted by atomic mass is 10.1. The van der Waals surface area contributed by atoms with Gasteiger partial charge in [0.05, 0.1) is 11.4 Å². The van der Waals surface area contributed by atoms with E-state index in [0.717, 1.165) is 67.5 Å². The Hall–Kier alpha value is -2.73. The molecule has 0 radical (unpaired) electrons. The van der Waals surface area contributed by atoms with E-state index in [0.29, 0.717) is 0 Å². The Kier molecular flexibility index (Phi) is 4.90. The average molecular weight is 362 g/mol. The second-order valence-electron chi connectivity index (χ2n) is 7.25. The quantitative estimate of drug-likeness (QED) is 0.706. The molecule has 0 unspecified atom stereocenters. The Morgan fingerprint density at radius 1 is 1.19 bits per heavy atom. The molecule has 0 saturated carbocycles. The molecule has 1 aliphatic heterocycles. The van der Waals surface area contributed by atoms with Crippen LogP contribution in [0.15, 0.2) is 36.7 Å². The highest BCUT2D eigenvalue weighted by Gasteiger charge is 2.20. The van der Waals surface area contributed by atoms with Crippen LogP contribution in [0.4, 0.5) is 5.69 Å². The van der Waals surface area contributed by atoms with Gasteiger partial charge in [-0.3, -0.25) is 9.58 Å². The molecule has 1 aromatic carbocycles. The summed E-state index contributed by atoms with van der Waals surface area (Å²) < 4.78 is 2.06.